The zero-order chi connectivity index (χ0) is 23.4. The number of ether oxygens (including phenoxy) is 2. The largest absolute Gasteiger partial charge is 0.496 e. The topological polar surface area (TPSA) is 86.6 Å². The minimum absolute atomic E-state index is 0.0795. The van der Waals surface area contributed by atoms with Gasteiger partial charge in [0.1, 0.15) is 16.4 Å². The molecule has 1 aromatic heterocycles. The quantitative estimate of drug-likeness (QED) is 0.566. The van der Waals surface area contributed by atoms with Gasteiger partial charge in [-0.15, -0.1) is 0 Å². The van der Waals surface area contributed by atoms with Gasteiger partial charge in [-0.2, -0.15) is 0 Å². The predicted octanol–water partition coefficient (Wildman–Crippen LogP) is 4.00. The zero-order valence-corrected chi connectivity index (χ0v) is 19.9. The molecule has 2 fully saturated rings. The molecule has 2 aliphatic carbocycles. The van der Waals surface area contributed by atoms with Crippen molar-refractivity contribution in [2.45, 2.75) is 48.3 Å². The smallest absolute Gasteiger partial charge is 0.266 e. The second-order valence-corrected chi connectivity index (χ2v) is 10.7. The maximum absolute atomic E-state index is 13.5. The predicted molar refractivity (Wildman–Crippen MR) is 125 cm³/mol. The van der Waals surface area contributed by atoms with Crippen LogP contribution >= 0.6 is 0 Å². The van der Waals surface area contributed by atoms with E-state index in [2.05, 4.69) is 4.72 Å². The van der Waals surface area contributed by atoms with Crippen LogP contribution in [0, 0.1) is 0 Å². The van der Waals surface area contributed by atoms with E-state index in [1.165, 1.54) is 12.5 Å². The number of para-hydroxylation sites is 1. The van der Waals surface area contributed by atoms with Crippen molar-refractivity contribution < 1.29 is 22.7 Å². The first-order valence-electron chi connectivity index (χ1n) is 11.2. The van der Waals surface area contributed by atoms with Crippen LogP contribution in [-0.4, -0.2) is 33.1 Å². The second kappa shape index (κ2) is 7.80. The van der Waals surface area contributed by atoms with Crippen LogP contribution in [0.1, 0.15) is 49.1 Å². The van der Waals surface area contributed by atoms with Crippen LogP contribution in [0.5, 0.6) is 11.5 Å². The molecule has 33 heavy (non-hydrogen) atoms. The number of hydrogen-bond acceptors (Lipinski definition) is 5. The molecule has 3 aromatic rings. The summed E-state index contributed by atoms with van der Waals surface area (Å²) in [5, 5.41) is 0.795. The molecule has 0 atom stereocenters. The Labute approximate surface area is 193 Å². The minimum Gasteiger partial charge on any atom is -0.496 e. The van der Waals surface area contributed by atoms with Gasteiger partial charge in [0.25, 0.3) is 10.0 Å². The molecule has 1 N–H and O–H groups in total. The number of carbonyl (C=O) groups excluding carboxylic acids is 1. The summed E-state index contributed by atoms with van der Waals surface area (Å²) < 4.78 is 42.1. The van der Waals surface area contributed by atoms with E-state index in [0.717, 1.165) is 23.8 Å². The highest BCUT2D eigenvalue weighted by molar-refractivity contribution is 7.90. The number of hydrogen-bond donors (Lipinski definition) is 1. The molecule has 8 heteroatoms. The number of fused-ring (bicyclic) bond motifs is 1. The number of nitrogens with zero attached hydrogens (tertiary/aromatic N) is 1. The van der Waals surface area contributed by atoms with Crippen molar-refractivity contribution in [2.75, 3.05) is 14.2 Å². The average Bonchev–Trinajstić information content (AvgIpc) is 3.48. The first-order chi connectivity index (χ1) is 15.8. The van der Waals surface area contributed by atoms with Crippen molar-refractivity contribution in [3.63, 3.8) is 0 Å². The molecule has 0 saturated heterocycles. The summed E-state index contributed by atoms with van der Waals surface area (Å²) in [5.74, 6) is 1.07. The third-order valence-electron chi connectivity index (χ3n) is 7.15. The summed E-state index contributed by atoms with van der Waals surface area (Å²) in [6.07, 6.45) is 6.30. The Hall–Kier alpha value is -3.00. The fourth-order valence-electron chi connectivity index (χ4n) is 4.91. The number of rotatable bonds is 7. The highest BCUT2D eigenvalue weighted by Crippen LogP contribution is 2.56. The third-order valence-corrected chi connectivity index (χ3v) is 8.51. The third kappa shape index (κ3) is 3.47. The van der Waals surface area contributed by atoms with Crippen LogP contribution in [0.4, 0.5) is 0 Å². The number of nitrogens with one attached hydrogen (secondary N) is 1. The van der Waals surface area contributed by atoms with Crippen molar-refractivity contribution >= 4 is 26.8 Å². The number of aromatic nitrogens is 1. The second-order valence-electron chi connectivity index (χ2n) is 9.07. The van der Waals surface area contributed by atoms with Crippen molar-refractivity contribution in [2.24, 2.45) is 7.05 Å². The van der Waals surface area contributed by atoms with Crippen molar-refractivity contribution in [3.8, 4) is 11.5 Å². The van der Waals surface area contributed by atoms with Crippen LogP contribution < -0.4 is 14.2 Å². The molecule has 0 unspecified atom stereocenters. The van der Waals surface area contributed by atoms with E-state index in [0.29, 0.717) is 41.3 Å². The summed E-state index contributed by atoms with van der Waals surface area (Å²) in [7, 11) is 0.842. The van der Waals surface area contributed by atoms with E-state index in [1.807, 2.05) is 24.3 Å². The molecule has 2 saturated carbocycles. The summed E-state index contributed by atoms with van der Waals surface area (Å²) in [5.41, 5.74) is 1.32. The first kappa shape index (κ1) is 21.8. The van der Waals surface area contributed by atoms with Crippen molar-refractivity contribution in [1.29, 1.82) is 0 Å². The van der Waals surface area contributed by atoms with Crippen LogP contribution in [0.2, 0.25) is 0 Å². The maximum Gasteiger partial charge on any atom is 0.266 e. The van der Waals surface area contributed by atoms with Gasteiger partial charge in [0.15, 0.2) is 0 Å². The van der Waals surface area contributed by atoms with Gasteiger partial charge in [0, 0.05) is 18.6 Å². The standard InChI is InChI=1S/C25H28N2O5S/c1-27-13-10-17-8-5-9-21(23(17)27)33(29,30)26-24(28)25(11-12-25)22-19(31-2)14-18(15-20(22)32-3)16-6-4-7-16/h5,8-10,13-16H,4,6-7,11-12H2,1-3H3,(H,26,28). The van der Waals surface area contributed by atoms with Crippen molar-refractivity contribution in [1.82, 2.24) is 9.29 Å². The van der Waals surface area contributed by atoms with Gasteiger partial charge in [-0.25, -0.2) is 13.1 Å². The Balaban J connectivity index is 1.52. The first-order valence-corrected chi connectivity index (χ1v) is 12.7. The van der Waals surface area contributed by atoms with Gasteiger partial charge in [-0.3, -0.25) is 4.79 Å². The highest BCUT2D eigenvalue weighted by atomic mass is 32.2. The summed E-state index contributed by atoms with van der Waals surface area (Å²) in [6.45, 7) is 0. The Morgan fingerprint density at radius 2 is 1.76 bits per heavy atom. The van der Waals surface area contributed by atoms with Gasteiger partial charge >= 0.3 is 0 Å². The number of carbonyl (C=O) groups is 1. The van der Waals surface area contributed by atoms with Gasteiger partial charge in [0.2, 0.25) is 5.91 Å². The number of amides is 1. The molecule has 5 rings (SSSR count). The molecule has 2 aliphatic rings. The van der Waals surface area contributed by atoms with E-state index >= 15 is 0 Å². The lowest BCUT2D eigenvalue weighted by Gasteiger charge is -2.28. The Bertz CT molecular complexity index is 1330. The average molecular weight is 469 g/mol. The molecule has 1 heterocycles. The molecule has 0 bridgehead atoms. The number of aryl methyl sites for hydroxylation is 1. The van der Waals surface area contributed by atoms with Crippen LogP contribution in [0.25, 0.3) is 10.9 Å². The normalized spacial score (nSPS) is 17.4. The molecular weight excluding hydrogens is 440 g/mol. The Kier molecular flexibility index (Phi) is 5.16. The van der Waals surface area contributed by atoms with Crippen LogP contribution in [0.3, 0.4) is 0 Å². The van der Waals surface area contributed by atoms with E-state index in [1.54, 1.807) is 38.1 Å². The van der Waals surface area contributed by atoms with Crippen molar-refractivity contribution in [3.05, 3.63) is 53.7 Å². The molecular formula is C25H28N2O5S. The van der Waals surface area contributed by atoms with Crippen LogP contribution in [0.15, 0.2) is 47.5 Å². The van der Waals surface area contributed by atoms with E-state index in [9.17, 15) is 13.2 Å². The lowest BCUT2D eigenvalue weighted by Crippen LogP contribution is -2.39. The zero-order valence-electron chi connectivity index (χ0n) is 19.1. The monoisotopic (exact) mass is 468 g/mol. The van der Waals surface area contributed by atoms with E-state index in [-0.39, 0.29) is 4.90 Å². The SMILES string of the molecule is COc1cc(C2CCC2)cc(OC)c1C1(C(=O)NS(=O)(=O)c2cccc3ccn(C)c23)CC1. The fraction of sp³-hybridized carbons (Fsp3) is 0.400. The Morgan fingerprint density at radius 3 is 2.30 bits per heavy atom. The summed E-state index contributed by atoms with van der Waals surface area (Å²) >= 11 is 0. The number of benzene rings is 2. The molecule has 0 radical (unpaired) electrons. The van der Waals surface area contributed by atoms with E-state index < -0.39 is 21.3 Å². The molecule has 7 nitrogen and oxygen atoms in total. The van der Waals surface area contributed by atoms with E-state index in [4.69, 9.17) is 9.47 Å². The molecule has 2 aromatic carbocycles. The molecule has 0 spiro atoms. The Morgan fingerprint density at radius 1 is 1.09 bits per heavy atom. The highest BCUT2D eigenvalue weighted by Gasteiger charge is 2.56. The van der Waals surface area contributed by atoms with Gasteiger partial charge in [0.05, 0.1) is 30.7 Å². The van der Waals surface area contributed by atoms with Gasteiger partial charge in [-0.05, 0) is 61.4 Å². The minimum atomic E-state index is -4.09. The summed E-state index contributed by atoms with van der Waals surface area (Å²) in [6, 6.07) is 10.9. The molecule has 174 valence electrons. The fourth-order valence-corrected chi connectivity index (χ4v) is 6.23. The lowest BCUT2D eigenvalue weighted by atomic mass is 9.79. The summed E-state index contributed by atoms with van der Waals surface area (Å²) in [4.78, 5) is 13.6. The van der Waals surface area contributed by atoms with Crippen LogP contribution in [-0.2, 0) is 27.3 Å². The van der Waals surface area contributed by atoms with Gasteiger partial charge in [-0.1, -0.05) is 18.6 Å². The number of sulfonamides is 1. The maximum atomic E-state index is 13.5. The number of methoxy groups -OCH3 is 2. The van der Waals surface area contributed by atoms with Gasteiger partial charge < -0.3 is 14.0 Å². The molecule has 0 aliphatic heterocycles. The lowest BCUT2D eigenvalue weighted by molar-refractivity contribution is -0.121. The molecule has 1 amide bonds.